The zero-order valence-electron chi connectivity index (χ0n) is 14.5. The van der Waals surface area contributed by atoms with Gasteiger partial charge in [0.05, 0.1) is 17.8 Å². The van der Waals surface area contributed by atoms with Crippen LogP contribution in [0.4, 0.5) is 5.69 Å². The first-order chi connectivity index (χ1) is 13.0. The average Bonchev–Trinajstić information content (AvgIpc) is 3.09. The van der Waals surface area contributed by atoms with Gasteiger partial charge in [-0.05, 0) is 48.9 Å². The Morgan fingerprint density at radius 2 is 1.96 bits per heavy atom. The third kappa shape index (κ3) is 5.12. The molecule has 3 aromatic rings. The first kappa shape index (κ1) is 19.0. The van der Waals surface area contributed by atoms with Gasteiger partial charge in [-0.15, -0.1) is 0 Å². The minimum absolute atomic E-state index is 0.117. The number of anilines is 1. The number of aryl methyl sites for hydroxylation is 1. The summed E-state index contributed by atoms with van der Waals surface area (Å²) in [6, 6.07) is 16.4. The summed E-state index contributed by atoms with van der Waals surface area (Å²) in [6.07, 6.45) is 1.43. The van der Waals surface area contributed by atoms with E-state index in [0.29, 0.717) is 21.6 Å². The Balaban J connectivity index is 1.55. The van der Waals surface area contributed by atoms with E-state index in [1.54, 1.807) is 30.3 Å². The Kier molecular flexibility index (Phi) is 6.16. The highest BCUT2D eigenvalue weighted by atomic mass is 35.5. The van der Waals surface area contributed by atoms with Gasteiger partial charge >= 0.3 is 0 Å². The van der Waals surface area contributed by atoms with Gasteiger partial charge in [0.25, 0.3) is 5.91 Å². The second-order valence-electron chi connectivity index (χ2n) is 5.79. The van der Waals surface area contributed by atoms with Gasteiger partial charge in [-0.1, -0.05) is 41.4 Å². The molecule has 0 saturated carbocycles. The summed E-state index contributed by atoms with van der Waals surface area (Å²) in [4.78, 5) is 11.9. The molecule has 0 fully saturated rings. The Morgan fingerprint density at radius 1 is 1.15 bits per heavy atom. The highest BCUT2D eigenvalue weighted by molar-refractivity contribution is 6.36. The fourth-order valence-electron chi connectivity index (χ4n) is 2.41. The number of benzene rings is 2. The number of hydrogen-bond donors (Lipinski definition) is 2. The largest absolute Gasteiger partial charge is 0.455 e. The van der Waals surface area contributed by atoms with Crippen molar-refractivity contribution in [2.24, 2.45) is 5.10 Å². The van der Waals surface area contributed by atoms with Crippen LogP contribution in [-0.4, -0.2) is 18.7 Å². The van der Waals surface area contributed by atoms with Crippen molar-refractivity contribution in [1.29, 1.82) is 0 Å². The molecule has 7 heteroatoms. The molecular formula is C20H17Cl2N3O2. The molecule has 0 spiro atoms. The lowest BCUT2D eigenvalue weighted by molar-refractivity contribution is -0.119. The molecule has 1 amide bonds. The zero-order chi connectivity index (χ0) is 19.2. The lowest BCUT2D eigenvalue weighted by Gasteiger charge is -2.07. The summed E-state index contributed by atoms with van der Waals surface area (Å²) in [7, 11) is 0. The van der Waals surface area contributed by atoms with Crippen molar-refractivity contribution in [3.63, 3.8) is 0 Å². The number of para-hydroxylation sites is 1. The monoisotopic (exact) mass is 401 g/mol. The second kappa shape index (κ2) is 8.75. The Bertz CT molecular complexity index is 983. The summed E-state index contributed by atoms with van der Waals surface area (Å²) in [6.45, 7) is 2.09. The summed E-state index contributed by atoms with van der Waals surface area (Å²) in [5.74, 6) is 0.816. The first-order valence-corrected chi connectivity index (χ1v) is 8.95. The van der Waals surface area contributed by atoms with E-state index >= 15 is 0 Å². The SMILES string of the molecule is Cc1ccccc1NCC(=O)N/N=C/c1ccc(-c2ccc(Cl)cc2Cl)o1. The number of rotatable bonds is 6. The summed E-state index contributed by atoms with van der Waals surface area (Å²) in [5, 5.41) is 8.02. The highest BCUT2D eigenvalue weighted by Crippen LogP contribution is 2.31. The molecule has 138 valence electrons. The lowest BCUT2D eigenvalue weighted by Crippen LogP contribution is -2.26. The standard InChI is InChI=1S/C20H17Cl2N3O2/c1-13-4-2-3-5-18(13)23-12-20(26)25-24-11-15-7-9-19(27-15)16-8-6-14(21)10-17(16)22/h2-11,23H,12H2,1H3,(H,25,26)/b24-11+. The molecule has 0 saturated heterocycles. The summed E-state index contributed by atoms with van der Waals surface area (Å²) < 4.78 is 5.67. The molecule has 2 aromatic carbocycles. The van der Waals surface area contributed by atoms with E-state index in [2.05, 4.69) is 15.8 Å². The Morgan fingerprint density at radius 3 is 2.74 bits per heavy atom. The quantitative estimate of drug-likeness (QED) is 0.444. The molecule has 0 bridgehead atoms. The van der Waals surface area contributed by atoms with Crippen LogP contribution < -0.4 is 10.7 Å². The van der Waals surface area contributed by atoms with Crippen molar-refractivity contribution in [1.82, 2.24) is 5.43 Å². The van der Waals surface area contributed by atoms with Crippen LogP contribution in [0, 0.1) is 6.92 Å². The molecule has 0 aliphatic heterocycles. The number of carbonyl (C=O) groups is 1. The van der Waals surface area contributed by atoms with Crippen molar-refractivity contribution in [3.8, 4) is 11.3 Å². The normalized spacial score (nSPS) is 10.9. The number of hydrogen-bond acceptors (Lipinski definition) is 4. The first-order valence-electron chi connectivity index (χ1n) is 8.19. The molecule has 0 radical (unpaired) electrons. The zero-order valence-corrected chi connectivity index (χ0v) is 16.0. The number of amides is 1. The average molecular weight is 402 g/mol. The van der Waals surface area contributed by atoms with Crippen molar-refractivity contribution >= 4 is 41.0 Å². The Hall–Kier alpha value is -2.76. The van der Waals surface area contributed by atoms with E-state index in [-0.39, 0.29) is 12.5 Å². The van der Waals surface area contributed by atoms with Crippen molar-refractivity contribution in [2.75, 3.05) is 11.9 Å². The minimum atomic E-state index is -0.262. The van der Waals surface area contributed by atoms with E-state index in [1.165, 1.54) is 6.21 Å². The highest BCUT2D eigenvalue weighted by Gasteiger charge is 2.08. The molecular weight excluding hydrogens is 385 g/mol. The van der Waals surface area contributed by atoms with Crippen LogP contribution in [0.5, 0.6) is 0 Å². The fourth-order valence-corrected chi connectivity index (χ4v) is 2.91. The van der Waals surface area contributed by atoms with Crippen LogP contribution in [0.2, 0.25) is 10.0 Å². The molecule has 1 heterocycles. The third-order valence-corrected chi connectivity index (χ3v) is 4.34. The van der Waals surface area contributed by atoms with Gasteiger partial charge < -0.3 is 9.73 Å². The molecule has 1 aromatic heterocycles. The van der Waals surface area contributed by atoms with E-state index < -0.39 is 0 Å². The smallest absolute Gasteiger partial charge is 0.259 e. The van der Waals surface area contributed by atoms with E-state index in [1.807, 2.05) is 31.2 Å². The summed E-state index contributed by atoms with van der Waals surface area (Å²) >= 11 is 12.1. The number of hydrazone groups is 1. The van der Waals surface area contributed by atoms with Gasteiger partial charge in [0.2, 0.25) is 0 Å². The van der Waals surface area contributed by atoms with Crippen LogP contribution in [0.3, 0.4) is 0 Å². The molecule has 0 unspecified atom stereocenters. The van der Waals surface area contributed by atoms with Gasteiger partial charge in [-0.2, -0.15) is 5.10 Å². The van der Waals surface area contributed by atoms with Gasteiger partial charge in [0.1, 0.15) is 11.5 Å². The van der Waals surface area contributed by atoms with E-state index in [4.69, 9.17) is 27.6 Å². The van der Waals surface area contributed by atoms with Gasteiger partial charge in [-0.25, -0.2) is 5.43 Å². The number of furan rings is 1. The maximum atomic E-state index is 11.9. The van der Waals surface area contributed by atoms with Crippen molar-refractivity contribution < 1.29 is 9.21 Å². The molecule has 0 atom stereocenters. The molecule has 27 heavy (non-hydrogen) atoms. The van der Waals surface area contributed by atoms with Crippen LogP contribution in [0.15, 0.2) is 64.1 Å². The number of halogens is 2. The van der Waals surface area contributed by atoms with E-state index in [0.717, 1.165) is 16.8 Å². The number of nitrogens with one attached hydrogen (secondary N) is 2. The molecule has 2 N–H and O–H groups in total. The molecule has 3 rings (SSSR count). The Labute approximate surface area is 167 Å². The number of nitrogens with zero attached hydrogens (tertiary/aromatic N) is 1. The fraction of sp³-hybridized carbons (Fsp3) is 0.100. The predicted octanol–water partition coefficient (Wildman–Crippen LogP) is 5.12. The van der Waals surface area contributed by atoms with Crippen LogP contribution in [0.1, 0.15) is 11.3 Å². The predicted molar refractivity (Wildman–Crippen MR) is 110 cm³/mol. The topological polar surface area (TPSA) is 66.6 Å². The van der Waals surface area contributed by atoms with Gasteiger partial charge in [-0.3, -0.25) is 4.79 Å². The van der Waals surface area contributed by atoms with Crippen molar-refractivity contribution in [2.45, 2.75) is 6.92 Å². The maximum Gasteiger partial charge on any atom is 0.259 e. The molecule has 5 nitrogen and oxygen atoms in total. The third-order valence-electron chi connectivity index (χ3n) is 3.79. The molecule has 0 aliphatic rings. The number of carbonyl (C=O) groups excluding carboxylic acids is 1. The lowest BCUT2D eigenvalue weighted by atomic mass is 10.2. The second-order valence-corrected chi connectivity index (χ2v) is 6.63. The van der Waals surface area contributed by atoms with Gasteiger partial charge in [0, 0.05) is 16.3 Å². The molecule has 0 aliphatic carbocycles. The van der Waals surface area contributed by atoms with Crippen LogP contribution in [-0.2, 0) is 4.79 Å². The van der Waals surface area contributed by atoms with Crippen LogP contribution in [0.25, 0.3) is 11.3 Å². The maximum absolute atomic E-state index is 11.9. The minimum Gasteiger partial charge on any atom is -0.455 e. The van der Waals surface area contributed by atoms with Crippen molar-refractivity contribution in [3.05, 3.63) is 76.0 Å². The van der Waals surface area contributed by atoms with E-state index in [9.17, 15) is 4.79 Å². The van der Waals surface area contributed by atoms with Crippen LogP contribution >= 0.6 is 23.2 Å². The summed E-state index contributed by atoms with van der Waals surface area (Å²) in [5.41, 5.74) is 5.16. The van der Waals surface area contributed by atoms with Gasteiger partial charge in [0.15, 0.2) is 0 Å².